The minimum absolute atomic E-state index is 0.0398. The lowest BCUT2D eigenvalue weighted by Gasteiger charge is -2.08. The molecule has 0 atom stereocenters. The summed E-state index contributed by atoms with van der Waals surface area (Å²) in [5.41, 5.74) is 0.911. The van der Waals surface area contributed by atoms with Crippen LogP contribution in [0, 0.1) is 10.1 Å². The number of hydrogen-bond acceptors (Lipinski definition) is 7. The van der Waals surface area contributed by atoms with E-state index in [-0.39, 0.29) is 23.0 Å². The minimum atomic E-state index is -0.553. The number of nitro benzene ring substituents is 1. The highest BCUT2D eigenvalue weighted by Gasteiger charge is 2.23. The smallest absolute Gasteiger partial charge is 0.315 e. The fraction of sp³-hybridized carbons (Fsp3) is 0.125. The molecular formula is C16H13N3O5. The van der Waals surface area contributed by atoms with Crippen molar-refractivity contribution in [1.29, 1.82) is 0 Å². The number of nitrogens with zero attached hydrogens (tertiary/aromatic N) is 3. The van der Waals surface area contributed by atoms with E-state index < -0.39 is 4.92 Å². The molecule has 0 saturated heterocycles. The lowest BCUT2D eigenvalue weighted by atomic mass is 10.1. The zero-order chi connectivity index (χ0) is 17.1. The van der Waals surface area contributed by atoms with Crippen LogP contribution >= 0.6 is 0 Å². The first kappa shape index (κ1) is 15.5. The third-order valence-corrected chi connectivity index (χ3v) is 3.36. The normalized spacial score (nSPS) is 10.4. The van der Waals surface area contributed by atoms with Gasteiger partial charge in [-0.05, 0) is 18.2 Å². The van der Waals surface area contributed by atoms with E-state index in [1.165, 1.54) is 20.3 Å². The monoisotopic (exact) mass is 327 g/mol. The maximum absolute atomic E-state index is 11.3. The second-order valence-corrected chi connectivity index (χ2v) is 4.78. The Morgan fingerprint density at radius 1 is 1.08 bits per heavy atom. The zero-order valence-electron chi connectivity index (χ0n) is 12.9. The van der Waals surface area contributed by atoms with Gasteiger partial charge in [-0.3, -0.25) is 10.1 Å². The Morgan fingerprint density at radius 2 is 1.83 bits per heavy atom. The minimum Gasteiger partial charge on any atom is -0.493 e. The Hall–Kier alpha value is -3.42. The summed E-state index contributed by atoms with van der Waals surface area (Å²) in [6.07, 6.45) is 0. The largest absolute Gasteiger partial charge is 0.493 e. The van der Waals surface area contributed by atoms with Gasteiger partial charge in [0.25, 0.3) is 5.89 Å². The highest BCUT2D eigenvalue weighted by atomic mass is 16.6. The molecule has 0 aliphatic carbocycles. The van der Waals surface area contributed by atoms with Gasteiger partial charge >= 0.3 is 5.69 Å². The molecule has 0 spiro atoms. The van der Waals surface area contributed by atoms with Gasteiger partial charge in [0.15, 0.2) is 5.75 Å². The van der Waals surface area contributed by atoms with E-state index >= 15 is 0 Å². The Kier molecular flexibility index (Phi) is 4.11. The SMILES string of the molecule is COc1cc(-c2noc(-c3ccccc3)n2)cc([N+](=O)[O-])c1OC. The maximum Gasteiger partial charge on any atom is 0.315 e. The third-order valence-electron chi connectivity index (χ3n) is 3.36. The molecule has 8 nitrogen and oxygen atoms in total. The summed E-state index contributed by atoms with van der Waals surface area (Å²) < 4.78 is 15.5. The molecule has 0 aliphatic rings. The molecule has 0 bridgehead atoms. The summed E-state index contributed by atoms with van der Waals surface area (Å²) in [6, 6.07) is 12.1. The molecule has 0 amide bonds. The van der Waals surface area contributed by atoms with Gasteiger partial charge in [-0.15, -0.1) is 0 Å². The first-order valence-corrected chi connectivity index (χ1v) is 6.94. The van der Waals surface area contributed by atoms with Gasteiger partial charge < -0.3 is 14.0 Å². The van der Waals surface area contributed by atoms with Crippen molar-refractivity contribution in [3.63, 3.8) is 0 Å². The highest BCUT2D eigenvalue weighted by Crippen LogP contribution is 2.40. The summed E-state index contributed by atoms with van der Waals surface area (Å²) in [7, 11) is 2.74. The molecule has 0 N–H and O–H groups in total. The number of aromatic nitrogens is 2. The predicted octanol–water partition coefficient (Wildman–Crippen LogP) is 3.33. The molecule has 0 radical (unpaired) electrons. The molecular weight excluding hydrogens is 314 g/mol. The lowest BCUT2D eigenvalue weighted by molar-refractivity contribution is -0.385. The average molecular weight is 327 g/mol. The molecule has 0 fully saturated rings. The van der Waals surface area contributed by atoms with Crippen molar-refractivity contribution in [2.24, 2.45) is 0 Å². The summed E-state index contributed by atoms with van der Waals surface area (Å²) in [5.74, 6) is 0.798. The first-order chi connectivity index (χ1) is 11.6. The number of ether oxygens (including phenoxy) is 2. The fourth-order valence-electron chi connectivity index (χ4n) is 2.25. The van der Waals surface area contributed by atoms with Crippen molar-refractivity contribution in [2.75, 3.05) is 14.2 Å². The van der Waals surface area contributed by atoms with Crippen LogP contribution in [0.15, 0.2) is 47.0 Å². The van der Waals surface area contributed by atoms with E-state index in [4.69, 9.17) is 14.0 Å². The molecule has 3 aromatic rings. The van der Waals surface area contributed by atoms with E-state index in [1.54, 1.807) is 6.07 Å². The van der Waals surface area contributed by atoms with Crippen molar-refractivity contribution in [3.05, 3.63) is 52.6 Å². The molecule has 122 valence electrons. The van der Waals surface area contributed by atoms with E-state index in [0.717, 1.165) is 5.56 Å². The van der Waals surface area contributed by atoms with Gasteiger partial charge in [-0.2, -0.15) is 4.98 Å². The van der Waals surface area contributed by atoms with E-state index in [0.29, 0.717) is 11.5 Å². The van der Waals surface area contributed by atoms with E-state index in [9.17, 15) is 10.1 Å². The number of benzene rings is 2. The Labute approximate surface area is 136 Å². The van der Waals surface area contributed by atoms with E-state index in [2.05, 4.69) is 10.1 Å². The van der Waals surface area contributed by atoms with Crippen LogP contribution < -0.4 is 9.47 Å². The zero-order valence-corrected chi connectivity index (χ0v) is 12.9. The standard InChI is InChI=1S/C16H13N3O5/c1-22-13-9-11(8-12(19(20)21)14(13)23-2)15-17-16(24-18-15)10-6-4-3-5-7-10/h3-9H,1-2H3. The van der Waals surface area contributed by atoms with Crippen LogP contribution in [0.4, 0.5) is 5.69 Å². The number of rotatable bonds is 5. The number of nitro groups is 1. The summed E-state index contributed by atoms with van der Waals surface area (Å²) in [6.45, 7) is 0. The third kappa shape index (κ3) is 2.76. The van der Waals surface area contributed by atoms with Crippen LogP contribution in [0.1, 0.15) is 0 Å². The van der Waals surface area contributed by atoms with Crippen LogP contribution in [0.25, 0.3) is 22.8 Å². The van der Waals surface area contributed by atoms with Crippen molar-refractivity contribution in [2.45, 2.75) is 0 Å². The van der Waals surface area contributed by atoms with Crippen molar-refractivity contribution in [1.82, 2.24) is 10.1 Å². The predicted molar refractivity (Wildman–Crippen MR) is 84.9 cm³/mol. The summed E-state index contributed by atoms with van der Waals surface area (Å²) in [5, 5.41) is 15.2. The van der Waals surface area contributed by atoms with Crippen molar-refractivity contribution < 1.29 is 18.9 Å². The van der Waals surface area contributed by atoms with Crippen molar-refractivity contribution in [3.8, 4) is 34.3 Å². The maximum atomic E-state index is 11.3. The quantitative estimate of drug-likeness (QED) is 0.523. The van der Waals surface area contributed by atoms with Gasteiger partial charge in [0.1, 0.15) is 0 Å². The molecule has 0 aliphatic heterocycles. The average Bonchev–Trinajstić information content (AvgIpc) is 3.11. The van der Waals surface area contributed by atoms with Gasteiger partial charge in [0, 0.05) is 17.2 Å². The van der Waals surface area contributed by atoms with Gasteiger partial charge in [-0.1, -0.05) is 23.4 Å². The fourth-order valence-corrected chi connectivity index (χ4v) is 2.25. The van der Waals surface area contributed by atoms with Gasteiger partial charge in [0.05, 0.1) is 19.1 Å². The van der Waals surface area contributed by atoms with Gasteiger partial charge in [-0.25, -0.2) is 0 Å². The first-order valence-electron chi connectivity index (χ1n) is 6.94. The Morgan fingerprint density at radius 3 is 2.46 bits per heavy atom. The van der Waals surface area contributed by atoms with Gasteiger partial charge in [0.2, 0.25) is 11.6 Å². The molecule has 1 aromatic heterocycles. The highest BCUT2D eigenvalue weighted by molar-refractivity contribution is 5.70. The van der Waals surface area contributed by atoms with E-state index in [1.807, 2.05) is 30.3 Å². The molecule has 0 unspecified atom stereocenters. The molecule has 8 heteroatoms. The second-order valence-electron chi connectivity index (χ2n) is 4.78. The number of methoxy groups -OCH3 is 2. The molecule has 1 heterocycles. The molecule has 3 rings (SSSR count). The number of hydrogen-bond donors (Lipinski definition) is 0. The molecule has 24 heavy (non-hydrogen) atoms. The summed E-state index contributed by atoms with van der Waals surface area (Å²) >= 11 is 0. The lowest BCUT2D eigenvalue weighted by Crippen LogP contribution is -1.98. The van der Waals surface area contributed by atoms with Crippen LogP contribution in [0.5, 0.6) is 11.5 Å². The topological polar surface area (TPSA) is 101 Å². The summed E-state index contributed by atoms with van der Waals surface area (Å²) in [4.78, 5) is 15.0. The Balaban J connectivity index is 2.08. The van der Waals surface area contributed by atoms with Crippen LogP contribution in [-0.2, 0) is 0 Å². The van der Waals surface area contributed by atoms with Crippen LogP contribution in [0.3, 0.4) is 0 Å². The van der Waals surface area contributed by atoms with Crippen LogP contribution in [-0.4, -0.2) is 29.3 Å². The van der Waals surface area contributed by atoms with Crippen LogP contribution in [0.2, 0.25) is 0 Å². The van der Waals surface area contributed by atoms with Crippen molar-refractivity contribution >= 4 is 5.69 Å². The molecule has 0 saturated carbocycles. The second kappa shape index (κ2) is 6.37. The Bertz CT molecular complexity index is 877. The molecule has 2 aromatic carbocycles.